The van der Waals surface area contributed by atoms with Gasteiger partial charge in [-0.15, -0.1) is 0 Å². The van der Waals surface area contributed by atoms with Gasteiger partial charge in [-0.25, -0.2) is 0 Å². The van der Waals surface area contributed by atoms with Crippen LogP contribution in [0, 0.1) is 18.4 Å². The van der Waals surface area contributed by atoms with Crippen molar-refractivity contribution >= 4 is 37.9 Å². The van der Waals surface area contributed by atoms with Crippen molar-refractivity contribution in [1.29, 1.82) is 0 Å². The summed E-state index contributed by atoms with van der Waals surface area (Å²) in [6.45, 7) is 14.4. The van der Waals surface area contributed by atoms with Gasteiger partial charge in [0, 0.05) is 38.0 Å². The zero-order chi connectivity index (χ0) is 31.7. The fraction of sp³-hybridized carbons (Fsp3) is 0.250. The summed E-state index contributed by atoms with van der Waals surface area (Å²) in [5.41, 5.74) is 6.25. The standard InChI is InChI=1S/C21H15N.C13H24O2.C6H5.Bi.Ir/c1-3-16(2)21-15-20(13-14-22-21)19-11-9-18(10-12-19)17-7-5-4-6-8-17;1-5-10(6-2)12(14)9-13(15)11(7-3)8-4;1-2-4-6-5-3-1;;/h1-15H;9-11,14H,5-8H2,1-4H3;1-5H;;/q-1;;;;/b;12-9-;;;. The summed E-state index contributed by atoms with van der Waals surface area (Å²) in [5, 5.41) is 9.76. The number of carbonyl (C=O) groups excluding carboxylic acids is 1. The molecule has 3 aromatic carbocycles. The van der Waals surface area contributed by atoms with Gasteiger partial charge >= 0.3 is 167 Å². The van der Waals surface area contributed by atoms with Crippen molar-refractivity contribution in [3.8, 4) is 22.3 Å². The van der Waals surface area contributed by atoms with Gasteiger partial charge in [0.05, 0.1) is 5.76 Å². The molecule has 1 heterocycles. The van der Waals surface area contributed by atoms with Gasteiger partial charge in [-0.3, -0.25) is 4.79 Å². The van der Waals surface area contributed by atoms with Crippen LogP contribution in [0.1, 0.15) is 59.1 Å². The van der Waals surface area contributed by atoms with Crippen molar-refractivity contribution in [2.75, 3.05) is 0 Å². The molecular weight excluding hydrogens is 928 g/mol. The van der Waals surface area contributed by atoms with Gasteiger partial charge in [-0.1, -0.05) is 45.9 Å². The van der Waals surface area contributed by atoms with E-state index in [1.165, 1.54) is 20.5 Å². The minimum Gasteiger partial charge on any atom is 0 e. The third-order valence-electron chi connectivity index (χ3n) is 7.70. The van der Waals surface area contributed by atoms with Crippen LogP contribution in [-0.2, 0) is 24.9 Å². The van der Waals surface area contributed by atoms with Crippen molar-refractivity contribution in [3.05, 3.63) is 137 Å². The molecule has 3 nitrogen and oxygen atoms in total. The molecule has 4 aromatic rings. The summed E-state index contributed by atoms with van der Waals surface area (Å²) in [5.74, 6) is 0.547. The largest absolute Gasteiger partial charge is 0 e. The number of pyridine rings is 1. The Morgan fingerprint density at radius 2 is 1.27 bits per heavy atom. The van der Waals surface area contributed by atoms with E-state index in [-0.39, 0.29) is 43.5 Å². The Morgan fingerprint density at radius 1 is 0.756 bits per heavy atom. The van der Waals surface area contributed by atoms with Crippen LogP contribution in [0.2, 0.25) is 0 Å². The normalized spacial score (nSPS) is 11.2. The number of nitrogens with zero attached hydrogens (tertiary/aromatic N) is 1. The van der Waals surface area contributed by atoms with E-state index in [1.54, 1.807) is 0 Å². The molecule has 0 aliphatic carbocycles. The zero-order valence-electron chi connectivity index (χ0n) is 26.7. The summed E-state index contributed by atoms with van der Waals surface area (Å²) in [4.78, 5) is 16.2. The molecule has 0 saturated heterocycles. The van der Waals surface area contributed by atoms with E-state index in [1.807, 2.05) is 52.1 Å². The summed E-state index contributed by atoms with van der Waals surface area (Å²) < 4.78 is 3.70. The molecule has 45 heavy (non-hydrogen) atoms. The van der Waals surface area contributed by atoms with Crippen molar-refractivity contribution in [2.45, 2.75) is 53.4 Å². The van der Waals surface area contributed by atoms with E-state index < -0.39 is 23.2 Å². The molecule has 0 fully saturated rings. The van der Waals surface area contributed by atoms with E-state index >= 15 is 0 Å². The molecule has 0 aliphatic rings. The second-order valence-electron chi connectivity index (χ2n) is 10.6. The molecule has 2 radical (unpaired) electrons. The van der Waals surface area contributed by atoms with Crippen LogP contribution in [0.25, 0.3) is 27.8 Å². The topological polar surface area (TPSA) is 50.2 Å². The maximum atomic E-state index is 11.7. The number of carbonyl (C=O) groups is 1. The minimum absolute atomic E-state index is 0. The van der Waals surface area contributed by atoms with Crippen LogP contribution in [-0.4, -0.2) is 39.1 Å². The smallest absolute Gasteiger partial charge is 0 e. The first-order valence-electron chi connectivity index (χ1n) is 15.5. The third kappa shape index (κ3) is 12.4. The monoisotopic (exact) mass is 972 g/mol. The molecule has 0 unspecified atom stereocenters. The molecule has 0 aliphatic heterocycles. The predicted octanol–water partition coefficient (Wildman–Crippen LogP) is 9.64. The van der Waals surface area contributed by atoms with Gasteiger partial charge in [0.2, 0.25) is 0 Å². The van der Waals surface area contributed by atoms with E-state index in [0.29, 0.717) is 5.57 Å². The fourth-order valence-electron chi connectivity index (χ4n) is 4.84. The number of rotatable bonds is 13. The van der Waals surface area contributed by atoms with Crippen LogP contribution >= 0.6 is 0 Å². The van der Waals surface area contributed by atoms with Gasteiger partial charge in [0.25, 0.3) is 0 Å². The first kappa shape index (κ1) is 38.2. The van der Waals surface area contributed by atoms with E-state index in [4.69, 9.17) is 6.58 Å². The van der Waals surface area contributed by atoms with Crippen LogP contribution in [0.3, 0.4) is 0 Å². The molecule has 0 bridgehead atoms. The fourth-order valence-corrected chi connectivity index (χ4v) is 7.76. The SMILES string of the molecule is CCC(CC)C(=O)/C=C(\O)C(CC)CC.[CH-]=C(/C=[CH]\[Bi][c]1ccccc1)c1cc(-c2ccc(-c3ccccc3)cc2)ccn1.[Ir]. The Bertz CT molecular complexity index is 1510. The van der Waals surface area contributed by atoms with E-state index in [0.717, 1.165) is 42.5 Å². The molecule has 4 rings (SSSR count). The summed E-state index contributed by atoms with van der Waals surface area (Å²) in [6, 6.07) is 33.7. The van der Waals surface area contributed by atoms with Gasteiger partial charge in [0.15, 0.2) is 5.78 Å². The number of ketones is 1. The van der Waals surface area contributed by atoms with Crippen LogP contribution in [0.4, 0.5) is 0 Å². The second kappa shape index (κ2) is 20.9. The first-order chi connectivity index (χ1) is 21.4. The van der Waals surface area contributed by atoms with Gasteiger partial charge in [-0.05, 0) is 25.7 Å². The average Bonchev–Trinajstić information content (AvgIpc) is 3.07. The van der Waals surface area contributed by atoms with Crippen molar-refractivity contribution in [3.63, 3.8) is 0 Å². The number of aliphatic hydroxyl groups is 1. The first-order valence-corrected chi connectivity index (χ1v) is 19.3. The van der Waals surface area contributed by atoms with Crippen LogP contribution in [0.15, 0.2) is 125 Å². The van der Waals surface area contributed by atoms with Crippen molar-refractivity contribution < 1.29 is 30.0 Å². The number of aromatic nitrogens is 1. The third-order valence-corrected chi connectivity index (χ3v) is 11.2. The molecule has 0 saturated carbocycles. The number of hydrogen-bond acceptors (Lipinski definition) is 3. The molecule has 0 spiro atoms. The second-order valence-corrected chi connectivity index (χ2v) is 14.8. The molecule has 0 amide bonds. The maximum Gasteiger partial charge on any atom is 0 e. The van der Waals surface area contributed by atoms with Crippen molar-refractivity contribution in [1.82, 2.24) is 4.98 Å². The Balaban J connectivity index is 0.000000378. The molecule has 5 heteroatoms. The maximum absolute atomic E-state index is 11.7. The Labute approximate surface area is 295 Å². The number of aliphatic hydroxyl groups excluding tert-OH is 1. The van der Waals surface area contributed by atoms with Gasteiger partial charge in [-0.2, -0.15) is 0 Å². The Morgan fingerprint density at radius 3 is 1.82 bits per heavy atom. The van der Waals surface area contributed by atoms with Gasteiger partial charge < -0.3 is 5.11 Å². The Hall–Kier alpha value is -2.97. The molecular formula is C40H44BiIrNO2-. The summed E-state index contributed by atoms with van der Waals surface area (Å²) in [6.07, 6.45) is 8.76. The zero-order valence-corrected chi connectivity index (χ0v) is 32.6. The minimum atomic E-state index is -0.851. The molecule has 0 atom stereocenters. The van der Waals surface area contributed by atoms with E-state index in [9.17, 15) is 9.90 Å². The molecule has 1 N–H and O–H groups in total. The molecule has 236 valence electrons. The van der Waals surface area contributed by atoms with E-state index in [2.05, 4.69) is 93.7 Å². The van der Waals surface area contributed by atoms with Crippen LogP contribution in [0.5, 0.6) is 0 Å². The summed E-state index contributed by atoms with van der Waals surface area (Å²) >= 11 is -0.851. The Kier molecular flexibility index (Phi) is 17.8. The number of benzene rings is 3. The van der Waals surface area contributed by atoms with Gasteiger partial charge in [0.1, 0.15) is 0 Å². The van der Waals surface area contributed by atoms with Crippen molar-refractivity contribution in [2.24, 2.45) is 11.8 Å². The average molecular weight is 972 g/mol. The summed E-state index contributed by atoms with van der Waals surface area (Å²) in [7, 11) is 0. The van der Waals surface area contributed by atoms with Crippen LogP contribution < -0.4 is 3.27 Å². The predicted molar refractivity (Wildman–Crippen MR) is 188 cm³/mol. The number of allylic oxidation sites excluding steroid dienone is 4. The molecule has 1 aromatic heterocycles. The number of hydrogen-bond donors (Lipinski definition) is 1. The quantitative estimate of drug-likeness (QED) is 0.0478.